The Hall–Kier alpha value is -2.59. The van der Waals surface area contributed by atoms with Crippen molar-refractivity contribution >= 4 is 5.91 Å². The van der Waals surface area contributed by atoms with E-state index in [0.29, 0.717) is 43.9 Å². The van der Waals surface area contributed by atoms with Crippen LogP contribution in [0.2, 0.25) is 0 Å². The van der Waals surface area contributed by atoms with Crippen molar-refractivity contribution in [2.45, 2.75) is 76.7 Å². The Kier molecular flexibility index (Phi) is 5.75. The molecule has 0 saturated carbocycles. The number of hydrogen-bond donors (Lipinski definition) is 1. The molecule has 0 bridgehead atoms. The number of ether oxygens (including phenoxy) is 2. The van der Waals surface area contributed by atoms with E-state index in [1.54, 1.807) is 0 Å². The largest absolute Gasteiger partial charge is 0.461 e. The van der Waals surface area contributed by atoms with E-state index in [9.17, 15) is 9.18 Å². The average Bonchev–Trinajstić information content (AvgIpc) is 3.47. The van der Waals surface area contributed by atoms with Gasteiger partial charge in [0.05, 0.1) is 16.9 Å². The number of aryl methyl sites for hydroxylation is 1. The molecular formula is C25H33FN6O3. The van der Waals surface area contributed by atoms with Crippen LogP contribution in [0.15, 0.2) is 0 Å². The Morgan fingerprint density at radius 3 is 2.91 bits per heavy atom. The number of carbonyl (C=O) groups is 1. The van der Waals surface area contributed by atoms with Gasteiger partial charge in [-0.15, -0.1) is 0 Å². The fourth-order valence-corrected chi connectivity index (χ4v) is 6.39. The number of nitrogens with one attached hydrogen (secondary N) is 1. The highest BCUT2D eigenvalue weighted by molar-refractivity contribution is 5.96. The topological polar surface area (TPSA) is 94.4 Å². The van der Waals surface area contributed by atoms with Gasteiger partial charge in [0.1, 0.15) is 24.7 Å². The summed E-state index contributed by atoms with van der Waals surface area (Å²) in [5.41, 5.74) is 4.27. The number of rotatable bonds is 5. The van der Waals surface area contributed by atoms with Crippen LogP contribution in [0.25, 0.3) is 11.3 Å². The summed E-state index contributed by atoms with van der Waals surface area (Å²) in [6, 6.07) is 0.166. The summed E-state index contributed by atoms with van der Waals surface area (Å²) in [5, 5.41) is 7.69. The molecule has 35 heavy (non-hydrogen) atoms. The zero-order valence-electron chi connectivity index (χ0n) is 20.5. The first kappa shape index (κ1) is 22.8. The van der Waals surface area contributed by atoms with Gasteiger partial charge in [-0.25, -0.2) is 9.07 Å². The second kappa shape index (κ2) is 8.81. The van der Waals surface area contributed by atoms with E-state index in [1.165, 1.54) is 0 Å². The molecule has 1 N–H and O–H groups in total. The number of carbonyl (C=O) groups excluding carboxylic acids is 1. The van der Waals surface area contributed by atoms with Crippen LogP contribution >= 0.6 is 0 Å². The molecule has 1 amide bonds. The van der Waals surface area contributed by atoms with Crippen LogP contribution < -0.4 is 10.1 Å². The van der Waals surface area contributed by atoms with Gasteiger partial charge < -0.3 is 14.8 Å². The molecule has 4 aliphatic rings. The van der Waals surface area contributed by atoms with Crippen LogP contribution in [-0.2, 0) is 11.2 Å². The summed E-state index contributed by atoms with van der Waals surface area (Å²) >= 11 is 0. The number of aromatic nitrogens is 4. The highest BCUT2D eigenvalue weighted by Crippen LogP contribution is 2.41. The summed E-state index contributed by atoms with van der Waals surface area (Å²) in [5.74, 6) is -0.219. The van der Waals surface area contributed by atoms with Crippen molar-refractivity contribution in [1.29, 1.82) is 0 Å². The van der Waals surface area contributed by atoms with E-state index in [1.807, 2.05) is 18.5 Å². The lowest BCUT2D eigenvalue weighted by Crippen LogP contribution is -2.43. The second-order valence-corrected chi connectivity index (χ2v) is 10.4. The van der Waals surface area contributed by atoms with Crippen LogP contribution in [-0.4, -0.2) is 75.1 Å². The van der Waals surface area contributed by atoms with E-state index < -0.39 is 6.17 Å². The molecule has 6 rings (SSSR count). The molecular weight excluding hydrogens is 451 g/mol. The maximum Gasteiger partial charge on any atom is 0.317 e. The van der Waals surface area contributed by atoms with Crippen LogP contribution in [0, 0.1) is 13.8 Å². The first-order chi connectivity index (χ1) is 16.9. The number of alkyl halides is 1. The first-order valence-corrected chi connectivity index (χ1v) is 12.8. The Morgan fingerprint density at radius 1 is 1.23 bits per heavy atom. The van der Waals surface area contributed by atoms with Gasteiger partial charge in [0.15, 0.2) is 0 Å². The van der Waals surface area contributed by atoms with Gasteiger partial charge in [0, 0.05) is 42.9 Å². The molecule has 2 aromatic rings. The zero-order valence-corrected chi connectivity index (χ0v) is 20.5. The number of fused-ring (bicyclic) bond motifs is 2. The van der Waals surface area contributed by atoms with Crippen molar-refractivity contribution in [3.8, 4) is 17.3 Å². The van der Waals surface area contributed by atoms with E-state index in [-0.39, 0.29) is 23.7 Å². The summed E-state index contributed by atoms with van der Waals surface area (Å²) in [6.45, 7) is 6.94. The third-order valence-electron chi connectivity index (χ3n) is 8.08. The molecule has 3 fully saturated rings. The van der Waals surface area contributed by atoms with E-state index in [2.05, 4.69) is 15.2 Å². The predicted molar refractivity (Wildman–Crippen MR) is 126 cm³/mol. The Labute approximate surface area is 204 Å². The smallest absolute Gasteiger partial charge is 0.317 e. The highest BCUT2D eigenvalue weighted by Gasteiger charge is 2.49. The van der Waals surface area contributed by atoms with Crippen molar-refractivity contribution in [2.24, 2.45) is 0 Å². The van der Waals surface area contributed by atoms with Gasteiger partial charge in [-0.1, -0.05) is 0 Å². The molecule has 0 aliphatic carbocycles. The van der Waals surface area contributed by atoms with E-state index in [4.69, 9.17) is 19.6 Å². The second-order valence-electron chi connectivity index (χ2n) is 10.4. The molecule has 0 radical (unpaired) electrons. The fraction of sp³-hybridized carbons (Fsp3) is 0.680. The number of halogens is 1. The fourth-order valence-electron chi connectivity index (χ4n) is 6.39. The Balaban J connectivity index is 1.37. The quantitative estimate of drug-likeness (QED) is 0.697. The Morgan fingerprint density at radius 2 is 2.09 bits per heavy atom. The Bertz CT molecular complexity index is 1150. The molecule has 10 heteroatoms. The minimum Gasteiger partial charge on any atom is -0.461 e. The monoisotopic (exact) mass is 484 g/mol. The van der Waals surface area contributed by atoms with Gasteiger partial charge in [-0.3, -0.25) is 9.69 Å². The first-order valence-electron chi connectivity index (χ1n) is 12.8. The standard InChI is InChI=1S/C25H33FN6O3/c1-15-20(16(2)32(30-15)19-6-3-4-11-34-19)21-18-7-9-27-23(33)22(18)29-24(28-21)35-14-25-8-5-10-31(25)13-17(26)12-25/h17,19H,3-14H2,1-2H3,(H,27,33)/t17-,19?,25+/m1/s1. The van der Waals surface area contributed by atoms with Crippen molar-refractivity contribution in [2.75, 3.05) is 32.8 Å². The van der Waals surface area contributed by atoms with Crippen LogP contribution in [0.5, 0.6) is 6.01 Å². The minimum absolute atomic E-state index is 0.0867. The molecule has 0 spiro atoms. The zero-order chi connectivity index (χ0) is 24.2. The van der Waals surface area contributed by atoms with E-state index in [0.717, 1.165) is 67.8 Å². The van der Waals surface area contributed by atoms with Crippen LogP contribution in [0.1, 0.15) is 72.2 Å². The third kappa shape index (κ3) is 3.91. The molecule has 1 unspecified atom stereocenters. The van der Waals surface area contributed by atoms with E-state index >= 15 is 0 Å². The SMILES string of the molecule is Cc1nn(C2CCCCO2)c(C)c1-c1nc(OC[C@@]23CCCN2C[C@H](F)C3)nc2c1CCNC2=O. The third-order valence-corrected chi connectivity index (χ3v) is 8.08. The normalized spacial score (nSPS) is 28.6. The molecule has 4 aliphatic heterocycles. The number of hydrogen-bond acceptors (Lipinski definition) is 7. The molecule has 6 heterocycles. The molecule has 3 atom stereocenters. The minimum atomic E-state index is -0.831. The molecule has 0 aromatic carbocycles. The molecule has 2 aromatic heterocycles. The van der Waals surface area contributed by atoms with Gasteiger partial charge in [0.25, 0.3) is 5.91 Å². The molecule has 3 saturated heterocycles. The molecule has 9 nitrogen and oxygen atoms in total. The van der Waals surface area contributed by atoms with Crippen molar-refractivity contribution in [1.82, 2.24) is 30.0 Å². The lowest BCUT2D eigenvalue weighted by atomic mass is 9.95. The summed E-state index contributed by atoms with van der Waals surface area (Å²) in [7, 11) is 0. The van der Waals surface area contributed by atoms with Gasteiger partial charge in [-0.2, -0.15) is 15.1 Å². The average molecular weight is 485 g/mol. The summed E-state index contributed by atoms with van der Waals surface area (Å²) in [6.07, 6.45) is 5.23. The van der Waals surface area contributed by atoms with Crippen molar-refractivity contribution < 1.29 is 18.7 Å². The van der Waals surface area contributed by atoms with Crippen molar-refractivity contribution in [3.63, 3.8) is 0 Å². The lowest BCUT2D eigenvalue weighted by molar-refractivity contribution is -0.0407. The summed E-state index contributed by atoms with van der Waals surface area (Å²) < 4.78 is 28.3. The van der Waals surface area contributed by atoms with Gasteiger partial charge >= 0.3 is 6.01 Å². The van der Waals surface area contributed by atoms with Gasteiger partial charge in [-0.05, 0) is 58.9 Å². The molecule has 188 valence electrons. The highest BCUT2D eigenvalue weighted by atomic mass is 19.1. The van der Waals surface area contributed by atoms with Crippen LogP contribution in [0.3, 0.4) is 0 Å². The number of nitrogens with zero attached hydrogens (tertiary/aromatic N) is 5. The number of amides is 1. The predicted octanol–water partition coefficient (Wildman–Crippen LogP) is 2.90. The maximum atomic E-state index is 14.2. The van der Waals surface area contributed by atoms with Gasteiger partial charge in [0.2, 0.25) is 0 Å². The maximum absolute atomic E-state index is 14.2. The van der Waals surface area contributed by atoms with Crippen LogP contribution in [0.4, 0.5) is 4.39 Å². The summed E-state index contributed by atoms with van der Waals surface area (Å²) in [4.78, 5) is 24.3. The van der Waals surface area contributed by atoms with Crippen molar-refractivity contribution in [3.05, 3.63) is 22.6 Å². The lowest BCUT2D eigenvalue weighted by Gasteiger charge is -2.31.